The van der Waals surface area contributed by atoms with Crippen LogP contribution >= 0.6 is 0 Å². The Morgan fingerprint density at radius 3 is 2.55 bits per heavy atom. The molecule has 0 bridgehead atoms. The van der Waals surface area contributed by atoms with Gasteiger partial charge in [0, 0.05) is 18.7 Å². The summed E-state index contributed by atoms with van der Waals surface area (Å²) in [5.41, 5.74) is 2.38. The number of rotatable bonds is 0. The van der Waals surface area contributed by atoms with Gasteiger partial charge in [-0.3, -0.25) is 0 Å². The molecule has 2 aliphatic heterocycles. The van der Waals surface area contributed by atoms with Gasteiger partial charge in [0.25, 0.3) is 0 Å². The summed E-state index contributed by atoms with van der Waals surface area (Å²) >= 11 is 0. The van der Waals surface area contributed by atoms with Gasteiger partial charge in [0.1, 0.15) is 5.75 Å². The fourth-order valence-corrected chi connectivity index (χ4v) is 2.95. The van der Waals surface area contributed by atoms with Gasteiger partial charge in [0.15, 0.2) is 11.5 Å². The first-order valence-electron chi connectivity index (χ1n) is 7.67. The van der Waals surface area contributed by atoms with Crippen molar-refractivity contribution in [2.75, 3.05) is 26.9 Å². The van der Waals surface area contributed by atoms with Crippen molar-refractivity contribution in [1.29, 1.82) is 0 Å². The van der Waals surface area contributed by atoms with Crippen LogP contribution < -0.4 is 14.2 Å². The maximum absolute atomic E-state index is 6.27. The summed E-state index contributed by atoms with van der Waals surface area (Å²) in [4.78, 5) is 2.36. The molecule has 0 saturated heterocycles. The Hall–Kier alpha value is -2.20. The summed E-state index contributed by atoms with van der Waals surface area (Å²) in [5.74, 6) is 3.21. The number of fused-ring (bicyclic) bond motifs is 4. The van der Waals surface area contributed by atoms with E-state index in [0.717, 1.165) is 54.5 Å². The first-order chi connectivity index (χ1) is 10.8. The fourth-order valence-electron chi connectivity index (χ4n) is 2.95. The average Bonchev–Trinajstić information content (AvgIpc) is 3.02. The van der Waals surface area contributed by atoms with Crippen LogP contribution in [-0.2, 0) is 12.8 Å². The van der Waals surface area contributed by atoms with Crippen LogP contribution in [0.1, 0.15) is 11.1 Å². The molecule has 2 heterocycles. The van der Waals surface area contributed by atoms with Crippen molar-refractivity contribution in [3.05, 3.63) is 47.5 Å². The molecule has 22 heavy (non-hydrogen) atoms. The lowest BCUT2D eigenvalue weighted by Gasteiger charge is -2.22. The lowest BCUT2D eigenvalue weighted by molar-refractivity contribution is 0.171. The molecular weight excluding hydrogens is 278 g/mol. The molecule has 2 aromatic carbocycles. The van der Waals surface area contributed by atoms with Crippen molar-refractivity contribution in [2.24, 2.45) is 0 Å². The van der Waals surface area contributed by atoms with Crippen LogP contribution in [0, 0.1) is 0 Å². The fraction of sp³-hybridized carbons (Fsp3) is 0.333. The molecule has 4 nitrogen and oxygen atoms in total. The molecule has 0 unspecified atom stereocenters. The molecule has 0 saturated carbocycles. The third kappa shape index (κ3) is 2.40. The number of likely N-dealkylation sites (N-methyl/N-ethyl adjacent to an activating group) is 1. The maximum Gasteiger partial charge on any atom is 0.231 e. The molecule has 2 aromatic rings. The topological polar surface area (TPSA) is 30.9 Å². The normalized spacial score (nSPS) is 17.3. The Kier molecular flexibility index (Phi) is 3.39. The quantitative estimate of drug-likeness (QED) is 0.747. The van der Waals surface area contributed by atoms with Crippen LogP contribution in [0.15, 0.2) is 36.4 Å². The van der Waals surface area contributed by atoms with Gasteiger partial charge in [-0.25, -0.2) is 0 Å². The van der Waals surface area contributed by atoms with E-state index in [-0.39, 0.29) is 6.79 Å². The summed E-state index contributed by atoms with van der Waals surface area (Å²) in [6.07, 6.45) is 1.92. The highest BCUT2D eigenvalue weighted by Gasteiger charge is 2.24. The molecule has 0 atom stereocenters. The first-order valence-corrected chi connectivity index (χ1v) is 7.67. The second kappa shape index (κ2) is 5.54. The number of para-hydroxylation sites is 1. The number of nitrogens with zero attached hydrogens (tertiary/aromatic N) is 1. The van der Waals surface area contributed by atoms with E-state index in [1.807, 2.05) is 18.2 Å². The molecule has 0 fully saturated rings. The van der Waals surface area contributed by atoms with Crippen LogP contribution in [0.2, 0.25) is 0 Å². The number of benzene rings is 2. The monoisotopic (exact) mass is 297 g/mol. The summed E-state index contributed by atoms with van der Waals surface area (Å²) in [6.45, 7) is 2.29. The average molecular weight is 297 g/mol. The third-order valence-electron chi connectivity index (χ3n) is 4.29. The minimum absolute atomic E-state index is 0.261. The molecule has 0 radical (unpaired) electrons. The van der Waals surface area contributed by atoms with Gasteiger partial charge in [0.05, 0.1) is 0 Å². The SMILES string of the molecule is CN1CCc2ccccc2Oc2c(ccc3c2OCO3)CC1. The van der Waals surface area contributed by atoms with Gasteiger partial charge in [-0.05, 0) is 37.6 Å². The minimum atomic E-state index is 0.261. The molecule has 0 N–H and O–H groups in total. The van der Waals surface area contributed by atoms with Crippen molar-refractivity contribution < 1.29 is 14.2 Å². The lowest BCUT2D eigenvalue weighted by Crippen LogP contribution is -2.24. The summed E-state index contributed by atoms with van der Waals surface area (Å²) < 4.78 is 17.4. The highest BCUT2D eigenvalue weighted by Crippen LogP contribution is 2.46. The highest BCUT2D eigenvalue weighted by atomic mass is 16.7. The lowest BCUT2D eigenvalue weighted by atomic mass is 10.1. The van der Waals surface area contributed by atoms with Gasteiger partial charge >= 0.3 is 0 Å². The van der Waals surface area contributed by atoms with E-state index >= 15 is 0 Å². The predicted octanol–water partition coefficient (Wildman–Crippen LogP) is 3.24. The number of hydrogen-bond donors (Lipinski definition) is 0. The van der Waals surface area contributed by atoms with E-state index in [4.69, 9.17) is 14.2 Å². The van der Waals surface area contributed by atoms with Crippen molar-refractivity contribution in [2.45, 2.75) is 12.8 Å². The smallest absolute Gasteiger partial charge is 0.231 e. The zero-order chi connectivity index (χ0) is 14.9. The first kappa shape index (κ1) is 13.5. The Morgan fingerprint density at radius 1 is 0.818 bits per heavy atom. The summed E-state index contributed by atoms with van der Waals surface area (Å²) in [5, 5.41) is 0. The van der Waals surface area contributed by atoms with Gasteiger partial charge in [0.2, 0.25) is 12.5 Å². The van der Waals surface area contributed by atoms with Gasteiger partial charge < -0.3 is 19.1 Å². The van der Waals surface area contributed by atoms with Gasteiger partial charge in [-0.15, -0.1) is 0 Å². The number of ether oxygens (including phenoxy) is 3. The molecule has 114 valence electrons. The molecule has 4 heteroatoms. The second-order valence-corrected chi connectivity index (χ2v) is 5.80. The maximum atomic E-state index is 6.27. The third-order valence-corrected chi connectivity index (χ3v) is 4.29. The molecule has 0 amide bonds. The van der Waals surface area contributed by atoms with Crippen molar-refractivity contribution in [3.8, 4) is 23.0 Å². The van der Waals surface area contributed by atoms with Crippen molar-refractivity contribution in [1.82, 2.24) is 4.90 Å². The van der Waals surface area contributed by atoms with Gasteiger partial charge in [-0.1, -0.05) is 24.3 Å². The van der Waals surface area contributed by atoms with E-state index in [1.54, 1.807) is 0 Å². The van der Waals surface area contributed by atoms with E-state index in [9.17, 15) is 0 Å². The molecule has 2 aliphatic rings. The van der Waals surface area contributed by atoms with Crippen LogP contribution in [0.4, 0.5) is 0 Å². The summed E-state index contributed by atoms with van der Waals surface area (Å²) in [7, 11) is 2.16. The second-order valence-electron chi connectivity index (χ2n) is 5.80. The summed E-state index contributed by atoms with van der Waals surface area (Å²) in [6, 6.07) is 12.3. The Balaban J connectivity index is 1.82. The molecular formula is C18H19NO3. The van der Waals surface area contributed by atoms with Crippen molar-refractivity contribution >= 4 is 0 Å². The highest BCUT2D eigenvalue weighted by molar-refractivity contribution is 5.58. The zero-order valence-electron chi connectivity index (χ0n) is 12.7. The Bertz CT molecular complexity index is 699. The van der Waals surface area contributed by atoms with Crippen LogP contribution in [-0.4, -0.2) is 31.8 Å². The standard InChI is InChI=1S/C18H19NO3/c1-19-10-8-13-4-2-3-5-15(13)22-17-14(9-11-19)6-7-16-18(17)21-12-20-16/h2-7H,8-12H2,1H3. The minimum Gasteiger partial charge on any atom is -0.453 e. The van der Waals surface area contributed by atoms with E-state index < -0.39 is 0 Å². The number of hydrogen-bond acceptors (Lipinski definition) is 4. The van der Waals surface area contributed by atoms with E-state index in [2.05, 4.69) is 30.1 Å². The predicted molar refractivity (Wildman–Crippen MR) is 84.0 cm³/mol. The molecule has 0 aliphatic carbocycles. The van der Waals surface area contributed by atoms with Crippen LogP contribution in [0.5, 0.6) is 23.0 Å². The van der Waals surface area contributed by atoms with E-state index in [1.165, 1.54) is 5.56 Å². The van der Waals surface area contributed by atoms with Crippen molar-refractivity contribution in [3.63, 3.8) is 0 Å². The molecule has 4 rings (SSSR count). The zero-order valence-corrected chi connectivity index (χ0v) is 12.7. The van der Waals surface area contributed by atoms with Gasteiger partial charge in [-0.2, -0.15) is 0 Å². The largest absolute Gasteiger partial charge is 0.453 e. The Morgan fingerprint density at radius 2 is 1.64 bits per heavy atom. The molecule has 0 spiro atoms. The molecule has 0 aromatic heterocycles. The van der Waals surface area contributed by atoms with E-state index in [0.29, 0.717) is 0 Å². The Labute approximate surface area is 130 Å². The van der Waals surface area contributed by atoms with Crippen LogP contribution in [0.25, 0.3) is 0 Å². The van der Waals surface area contributed by atoms with Crippen LogP contribution in [0.3, 0.4) is 0 Å².